The molecule has 0 radical (unpaired) electrons. The van der Waals surface area contributed by atoms with Gasteiger partial charge in [-0.15, -0.1) is 0 Å². The molecule has 1 atom stereocenters. The molecule has 3 nitrogen and oxygen atoms in total. The van der Waals surface area contributed by atoms with Crippen LogP contribution in [0, 0.1) is 0 Å². The molecule has 0 aliphatic heterocycles. The van der Waals surface area contributed by atoms with Crippen molar-refractivity contribution in [3.05, 3.63) is 0 Å². The molecule has 0 spiro atoms. The third-order valence-corrected chi connectivity index (χ3v) is 1.92. The zero-order valence-corrected chi connectivity index (χ0v) is 9.18. The van der Waals surface area contributed by atoms with Crippen LogP contribution in [0.1, 0.15) is 40.5 Å². The molecular formula is C10H22N2O. The van der Waals surface area contributed by atoms with Crippen LogP contribution in [-0.2, 0) is 4.79 Å². The third-order valence-electron chi connectivity index (χ3n) is 1.92. The number of rotatable bonds is 6. The lowest BCUT2D eigenvalue weighted by atomic mass is 10.2. The van der Waals surface area contributed by atoms with Crippen molar-refractivity contribution in [2.24, 2.45) is 0 Å². The van der Waals surface area contributed by atoms with E-state index in [0.29, 0.717) is 18.5 Å². The summed E-state index contributed by atoms with van der Waals surface area (Å²) in [6.45, 7) is 9.00. The highest BCUT2D eigenvalue weighted by Gasteiger charge is 2.04. The Morgan fingerprint density at radius 2 is 1.92 bits per heavy atom. The number of carbonyl (C=O) groups excluding carboxylic acids is 1. The molecule has 78 valence electrons. The fourth-order valence-corrected chi connectivity index (χ4v) is 0.923. The first kappa shape index (κ1) is 12.4. The maximum atomic E-state index is 11.2. The second-order valence-corrected chi connectivity index (χ2v) is 3.74. The van der Waals surface area contributed by atoms with Gasteiger partial charge in [0.1, 0.15) is 0 Å². The van der Waals surface area contributed by atoms with E-state index in [1.165, 1.54) is 0 Å². The maximum Gasteiger partial charge on any atom is 0.221 e. The first-order valence-electron chi connectivity index (χ1n) is 5.09. The van der Waals surface area contributed by atoms with Crippen molar-refractivity contribution in [3.8, 4) is 0 Å². The first-order chi connectivity index (χ1) is 6.06. The van der Waals surface area contributed by atoms with Crippen molar-refractivity contribution in [1.29, 1.82) is 0 Å². The fraction of sp³-hybridized carbons (Fsp3) is 0.900. The molecule has 0 bridgehead atoms. The van der Waals surface area contributed by atoms with Gasteiger partial charge < -0.3 is 10.6 Å². The Labute approximate surface area is 81.3 Å². The summed E-state index contributed by atoms with van der Waals surface area (Å²) in [7, 11) is 0. The molecule has 0 aliphatic rings. The molecule has 0 aromatic rings. The van der Waals surface area contributed by atoms with E-state index in [0.717, 1.165) is 13.0 Å². The summed E-state index contributed by atoms with van der Waals surface area (Å²) in [5.74, 6) is 0.141. The smallest absolute Gasteiger partial charge is 0.221 e. The van der Waals surface area contributed by atoms with E-state index < -0.39 is 0 Å². The molecule has 0 aromatic carbocycles. The van der Waals surface area contributed by atoms with Crippen LogP contribution in [0.3, 0.4) is 0 Å². The van der Waals surface area contributed by atoms with Crippen LogP contribution in [0.25, 0.3) is 0 Å². The minimum Gasteiger partial charge on any atom is -0.354 e. The van der Waals surface area contributed by atoms with Gasteiger partial charge in [-0.3, -0.25) is 4.79 Å². The number of amides is 1. The summed E-state index contributed by atoms with van der Waals surface area (Å²) in [4.78, 5) is 11.2. The van der Waals surface area contributed by atoms with Crippen molar-refractivity contribution < 1.29 is 4.79 Å². The molecule has 0 saturated carbocycles. The number of nitrogens with one attached hydrogen (secondary N) is 2. The van der Waals surface area contributed by atoms with E-state index in [1.54, 1.807) is 0 Å². The van der Waals surface area contributed by atoms with Crippen LogP contribution < -0.4 is 10.6 Å². The van der Waals surface area contributed by atoms with Gasteiger partial charge in [0.05, 0.1) is 0 Å². The van der Waals surface area contributed by atoms with Crippen molar-refractivity contribution >= 4 is 5.91 Å². The average Bonchev–Trinajstić information content (AvgIpc) is 2.03. The van der Waals surface area contributed by atoms with Crippen LogP contribution >= 0.6 is 0 Å². The Balaban J connectivity index is 3.41. The molecule has 1 unspecified atom stereocenters. The summed E-state index contributed by atoms with van der Waals surface area (Å²) in [5, 5.41) is 6.13. The SMILES string of the molecule is CCC(C)NC(=O)CCNC(C)C. The summed E-state index contributed by atoms with van der Waals surface area (Å²) in [6.07, 6.45) is 1.56. The summed E-state index contributed by atoms with van der Waals surface area (Å²) >= 11 is 0. The summed E-state index contributed by atoms with van der Waals surface area (Å²) < 4.78 is 0. The Hall–Kier alpha value is -0.570. The van der Waals surface area contributed by atoms with E-state index >= 15 is 0 Å². The van der Waals surface area contributed by atoms with Crippen LogP contribution in [0.2, 0.25) is 0 Å². The van der Waals surface area contributed by atoms with Gasteiger partial charge in [-0.2, -0.15) is 0 Å². The van der Waals surface area contributed by atoms with Gasteiger partial charge in [-0.1, -0.05) is 20.8 Å². The zero-order valence-electron chi connectivity index (χ0n) is 9.18. The number of hydrogen-bond donors (Lipinski definition) is 2. The predicted octanol–water partition coefficient (Wildman–Crippen LogP) is 1.29. The quantitative estimate of drug-likeness (QED) is 0.656. The van der Waals surface area contributed by atoms with Gasteiger partial charge >= 0.3 is 0 Å². The van der Waals surface area contributed by atoms with Gasteiger partial charge in [0.15, 0.2) is 0 Å². The van der Waals surface area contributed by atoms with Crippen molar-refractivity contribution in [2.45, 2.75) is 52.6 Å². The lowest BCUT2D eigenvalue weighted by Gasteiger charge is -2.12. The first-order valence-corrected chi connectivity index (χ1v) is 5.09. The Morgan fingerprint density at radius 1 is 1.31 bits per heavy atom. The fourth-order valence-electron chi connectivity index (χ4n) is 0.923. The van der Waals surface area contributed by atoms with Crippen LogP contribution in [0.4, 0.5) is 0 Å². The van der Waals surface area contributed by atoms with E-state index in [4.69, 9.17) is 0 Å². The van der Waals surface area contributed by atoms with E-state index in [9.17, 15) is 4.79 Å². The van der Waals surface area contributed by atoms with Gasteiger partial charge in [0, 0.05) is 25.0 Å². The lowest BCUT2D eigenvalue weighted by molar-refractivity contribution is -0.121. The minimum atomic E-state index is 0.141. The predicted molar refractivity (Wildman–Crippen MR) is 55.7 cm³/mol. The van der Waals surface area contributed by atoms with Gasteiger partial charge in [0.2, 0.25) is 5.91 Å². The van der Waals surface area contributed by atoms with Crippen LogP contribution in [0.15, 0.2) is 0 Å². The Morgan fingerprint density at radius 3 is 2.38 bits per heavy atom. The average molecular weight is 186 g/mol. The standard InChI is InChI=1S/C10H22N2O/c1-5-9(4)12-10(13)6-7-11-8(2)3/h8-9,11H,5-7H2,1-4H3,(H,12,13). The monoisotopic (exact) mass is 186 g/mol. The van der Waals surface area contributed by atoms with E-state index in [2.05, 4.69) is 31.4 Å². The highest BCUT2D eigenvalue weighted by atomic mass is 16.1. The highest BCUT2D eigenvalue weighted by molar-refractivity contribution is 5.76. The van der Waals surface area contributed by atoms with Crippen molar-refractivity contribution in [2.75, 3.05) is 6.54 Å². The molecule has 1 amide bonds. The van der Waals surface area contributed by atoms with Crippen LogP contribution in [-0.4, -0.2) is 24.5 Å². The van der Waals surface area contributed by atoms with Gasteiger partial charge in [-0.05, 0) is 13.3 Å². The lowest BCUT2D eigenvalue weighted by Crippen LogP contribution is -2.35. The van der Waals surface area contributed by atoms with Gasteiger partial charge in [0.25, 0.3) is 0 Å². The molecule has 0 heterocycles. The third kappa shape index (κ3) is 7.78. The Bertz CT molecular complexity index is 146. The molecular weight excluding hydrogens is 164 g/mol. The van der Waals surface area contributed by atoms with Crippen LogP contribution in [0.5, 0.6) is 0 Å². The topological polar surface area (TPSA) is 41.1 Å². The normalized spacial score (nSPS) is 13.0. The van der Waals surface area contributed by atoms with Crippen molar-refractivity contribution in [3.63, 3.8) is 0 Å². The van der Waals surface area contributed by atoms with Crippen molar-refractivity contribution in [1.82, 2.24) is 10.6 Å². The second kappa shape index (κ2) is 6.89. The zero-order chi connectivity index (χ0) is 10.3. The van der Waals surface area contributed by atoms with Gasteiger partial charge in [-0.25, -0.2) is 0 Å². The molecule has 3 heteroatoms. The molecule has 13 heavy (non-hydrogen) atoms. The largest absolute Gasteiger partial charge is 0.354 e. The summed E-state index contributed by atoms with van der Waals surface area (Å²) in [6, 6.07) is 0.753. The maximum absolute atomic E-state index is 11.2. The molecule has 0 saturated heterocycles. The van der Waals surface area contributed by atoms with E-state index in [1.807, 2.05) is 6.92 Å². The second-order valence-electron chi connectivity index (χ2n) is 3.74. The highest BCUT2D eigenvalue weighted by Crippen LogP contribution is 1.89. The molecule has 0 fully saturated rings. The molecule has 2 N–H and O–H groups in total. The Kier molecular flexibility index (Phi) is 6.59. The molecule has 0 aromatic heterocycles. The number of carbonyl (C=O) groups is 1. The minimum absolute atomic E-state index is 0.141. The number of hydrogen-bond acceptors (Lipinski definition) is 2. The molecule has 0 rings (SSSR count). The van der Waals surface area contributed by atoms with E-state index in [-0.39, 0.29) is 5.91 Å². The molecule has 0 aliphatic carbocycles. The summed E-state index contributed by atoms with van der Waals surface area (Å²) in [5.41, 5.74) is 0.